The molecule has 4 nitrogen and oxygen atoms in total. The Hall–Kier alpha value is -1.33. The summed E-state index contributed by atoms with van der Waals surface area (Å²) >= 11 is 0. The van der Waals surface area contributed by atoms with Crippen LogP contribution in [0.5, 0.6) is 5.75 Å². The Morgan fingerprint density at radius 1 is 1.30 bits per heavy atom. The van der Waals surface area contributed by atoms with Crippen LogP contribution in [0.4, 0.5) is 4.39 Å². The third-order valence-electron chi connectivity index (χ3n) is 5.10. The number of methoxy groups -OCH3 is 1. The predicted molar refractivity (Wildman–Crippen MR) is 89.5 cm³/mol. The van der Waals surface area contributed by atoms with Gasteiger partial charge in [0.05, 0.1) is 12.7 Å². The number of carbonyl (C=O) groups is 1. The Kier molecular flexibility index (Phi) is 5.87. The average molecular weight is 343 g/mol. The predicted octanol–water partition coefficient (Wildman–Crippen LogP) is 2.89. The first-order valence-corrected chi connectivity index (χ1v) is 7.98. The number of nitrogens with two attached hydrogens (primary N) is 1. The number of halogens is 2. The molecule has 3 N–H and O–H groups in total. The lowest BCUT2D eigenvalue weighted by atomic mass is 9.67. The Morgan fingerprint density at radius 3 is 2.52 bits per heavy atom. The molecule has 1 aromatic carbocycles. The van der Waals surface area contributed by atoms with Crippen molar-refractivity contribution in [2.75, 3.05) is 7.11 Å². The Morgan fingerprint density at radius 2 is 1.96 bits per heavy atom. The molecule has 2 unspecified atom stereocenters. The van der Waals surface area contributed by atoms with Crippen LogP contribution >= 0.6 is 12.4 Å². The number of rotatable bonds is 3. The molecule has 2 fully saturated rings. The first-order valence-electron chi connectivity index (χ1n) is 7.98. The van der Waals surface area contributed by atoms with Gasteiger partial charge in [-0.2, -0.15) is 0 Å². The van der Waals surface area contributed by atoms with Gasteiger partial charge in [-0.1, -0.05) is 6.42 Å². The second-order valence-corrected chi connectivity index (χ2v) is 6.53. The van der Waals surface area contributed by atoms with Crippen LogP contribution in [0, 0.1) is 17.7 Å². The van der Waals surface area contributed by atoms with E-state index in [0.29, 0.717) is 17.6 Å². The molecule has 2 saturated carbocycles. The molecule has 0 saturated heterocycles. The zero-order valence-corrected chi connectivity index (χ0v) is 14.1. The van der Waals surface area contributed by atoms with Crippen molar-refractivity contribution in [1.82, 2.24) is 5.32 Å². The number of carbonyl (C=O) groups excluding carboxylic acids is 1. The van der Waals surface area contributed by atoms with Gasteiger partial charge in [-0.3, -0.25) is 4.79 Å². The van der Waals surface area contributed by atoms with Gasteiger partial charge in [0.1, 0.15) is 11.6 Å². The number of fused-ring (bicyclic) bond motifs is 2. The maximum atomic E-state index is 14.0. The van der Waals surface area contributed by atoms with Crippen LogP contribution in [0.2, 0.25) is 0 Å². The van der Waals surface area contributed by atoms with E-state index in [1.165, 1.54) is 25.7 Å². The van der Waals surface area contributed by atoms with Crippen molar-refractivity contribution in [3.05, 3.63) is 29.6 Å². The van der Waals surface area contributed by atoms with Gasteiger partial charge in [0.2, 0.25) is 0 Å². The molecule has 0 aliphatic heterocycles. The van der Waals surface area contributed by atoms with Crippen molar-refractivity contribution >= 4 is 18.3 Å². The van der Waals surface area contributed by atoms with Crippen molar-refractivity contribution in [1.29, 1.82) is 0 Å². The molecular formula is C17H24ClFN2O2. The van der Waals surface area contributed by atoms with Crippen LogP contribution in [0.15, 0.2) is 18.2 Å². The van der Waals surface area contributed by atoms with E-state index < -0.39 is 5.82 Å². The molecule has 2 atom stereocenters. The number of hydrogen-bond donors (Lipinski definition) is 2. The van der Waals surface area contributed by atoms with Crippen molar-refractivity contribution in [2.45, 2.75) is 44.2 Å². The van der Waals surface area contributed by atoms with Crippen LogP contribution in [-0.2, 0) is 0 Å². The first-order chi connectivity index (χ1) is 10.6. The summed E-state index contributed by atoms with van der Waals surface area (Å²) in [5.74, 6) is 0.377. The molecule has 1 aromatic rings. The van der Waals surface area contributed by atoms with E-state index in [1.807, 2.05) is 0 Å². The third kappa shape index (κ3) is 3.78. The van der Waals surface area contributed by atoms with Gasteiger partial charge < -0.3 is 15.8 Å². The molecule has 23 heavy (non-hydrogen) atoms. The molecule has 0 heterocycles. The van der Waals surface area contributed by atoms with E-state index >= 15 is 0 Å². The lowest BCUT2D eigenvalue weighted by molar-refractivity contribution is 0.0752. The minimum Gasteiger partial charge on any atom is -0.497 e. The second-order valence-electron chi connectivity index (χ2n) is 6.53. The maximum absolute atomic E-state index is 14.0. The fourth-order valence-electron chi connectivity index (χ4n) is 4.06. The summed E-state index contributed by atoms with van der Waals surface area (Å²) < 4.78 is 19.0. The largest absolute Gasteiger partial charge is 0.497 e. The van der Waals surface area contributed by atoms with Crippen molar-refractivity contribution in [3.8, 4) is 5.75 Å². The van der Waals surface area contributed by atoms with Gasteiger partial charge in [-0.25, -0.2) is 4.39 Å². The molecule has 1 amide bonds. The highest BCUT2D eigenvalue weighted by Crippen LogP contribution is 2.39. The van der Waals surface area contributed by atoms with E-state index in [1.54, 1.807) is 6.07 Å². The van der Waals surface area contributed by atoms with Gasteiger partial charge in [-0.05, 0) is 49.7 Å². The van der Waals surface area contributed by atoms with E-state index in [0.717, 1.165) is 25.7 Å². The minimum atomic E-state index is -0.547. The highest BCUT2D eigenvalue weighted by molar-refractivity contribution is 5.94. The zero-order valence-electron chi connectivity index (χ0n) is 13.3. The summed E-state index contributed by atoms with van der Waals surface area (Å²) in [6.45, 7) is 0. The lowest BCUT2D eigenvalue weighted by Gasteiger charge is -2.45. The standard InChI is InChI=1S/C17H23FN2O2.ClH/c1-22-13-5-6-14(15(18)9-13)17(21)20-16-10-3-2-4-11(16)8-12(19)7-10;/h5-6,9-12,16H,2-4,7-8,19H2,1H3,(H,20,21);1H. The first kappa shape index (κ1) is 18.0. The Bertz CT molecular complexity index is 556. The zero-order chi connectivity index (χ0) is 15.7. The van der Waals surface area contributed by atoms with E-state index in [4.69, 9.17) is 10.5 Å². The number of amides is 1. The number of hydrogen-bond acceptors (Lipinski definition) is 3. The van der Waals surface area contributed by atoms with Crippen molar-refractivity contribution < 1.29 is 13.9 Å². The van der Waals surface area contributed by atoms with Crippen molar-refractivity contribution in [2.24, 2.45) is 17.6 Å². The van der Waals surface area contributed by atoms with Gasteiger partial charge >= 0.3 is 0 Å². The Balaban J connectivity index is 0.00000192. The summed E-state index contributed by atoms with van der Waals surface area (Å²) in [7, 11) is 1.47. The normalized spacial score (nSPS) is 29.3. The molecule has 0 aromatic heterocycles. The van der Waals surface area contributed by atoms with E-state index in [9.17, 15) is 9.18 Å². The second kappa shape index (κ2) is 7.49. The molecule has 6 heteroatoms. The summed E-state index contributed by atoms with van der Waals surface area (Å²) in [4.78, 5) is 12.4. The maximum Gasteiger partial charge on any atom is 0.254 e. The van der Waals surface area contributed by atoms with E-state index in [-0.39, 0.29) is 36.0 Å². The van der Waals surface area contributed by atoms with Crippen LogP contribution in [0.1, 0.15) is 42.5 Å². The highest BCUT2D eigenvalue weighted by Gasteiger charge is 2.40. The lowest BCUT2D eigenvalue weighted by Crippen LogP contribution is -2.53. The minimum absolute atomic E-state index is 0. The summed E-state index contributed by atoms with van der Waals surface area (Å²) in [6, 6.07) is 4.69. The quantitative estimate of drug-likeness (QED) is 0.887. The van der Waals surface area contributed by atoms with Gasteiger partial charge in [0.25, 0.3) is 5.91 Å². The molecular weight excluding hydrogens is 319 g/mol. The SMILES string of the molecule is COc1ccc(C(=O)NC2C3CCCC2CC(N)C3)c(F)c1.Cl. The fourth-order valence-corrected chi connectivity index (χ4v) is 4.06. The molecule has 2 bridgehead atoms. The van der Waals surface area contributed by atoms with Crippen LogP contribution in [0.3, 0.4) is 0 Å². The fraction of sp³-hybridized carbons (Fsp3) is 0.588. The molecule has 3 rings (SSSR count). The van der Waals surface area contributed by atoms with Crippen LogP contribution in [0.25, 0.3) is 0 Å². The summed E-state index contributed by atoms with van der Waals surface area (Å²) in [6.07, 6.45) is 5.30. The van der Waals surface area contributed by atoms with Crippen LogP contribution in [-0.4, -0.2) is 25.1 Å². The molecule has 2 aliphatic rings. The topological polar surface area (TPSA) is 64.3 Å². The van der Waals surface area contributed by atoms with E-state index in [2.05, 4.69) is 5.32 Å². The molecule has 128 valence electrons. The molecule has 2 aliphatic carbocycles. The summed E-state index contributed by atoms with van der Waals surface area (Å²) in [5, 5.41) is 3.06. The molecule has 0 radical (unpaired) electrons. The third-order valence-corrected chi connectivity index (χ3v) is 5.10. The average Bonchev–Trinajstić information content (AvgIpc) is 2.47. The number of benzene rings is 1. The number of ether oxygens (including phenoxy) is 1. The Labute approximate surface area is 142 Å². The molecule has 0 spiro atoms. The van der Waals surface area contributed by atoms with Gasteiger partial charge in [-0.15, -0.1) is 12.4 Å². The summed E-state index contributed by atoms with van der Waals surface area (Å²) in [5.41, 5.74) is 6.18. The highest BCUT2D eigenvalue weighted by atomic mass is 35.5. The smallest absolute Gasteiger partial charge is 0.254 e. The van der Waals surface area contributed by atoms with Gasteiger partial charge in [0, 0.05) is 18.2 Å². The monoisotopic (exact) mass is 342 g/mol. The number of nitrogens with one attached hydrogen (secondary N) is 1. The van der Waals surface area contributed by atoms with Crippen molar-refractivity contribution in [3.63, 3.8) is 0 Å². The van der Waals surface area contributed by atoms with Gasteiger partial charge in [0.15, 0.2) is 0 Å². The van der Waals surface area contributed by atoms with Crippen LogP contribution < -0.4 is 15.8 Å².